The summed E-state index contributed by atoms with van der Waals surface area (Å²) in [5.41, 5.74) is -0.0526. The zero-order valence-electron chi connectivity index (χ0n) is 18.9. The van der Waals surface area contributed by atoms with Gasteiger partial charge in [0.25, 0.3) is 0 Å². The maximum Gasteiger partial charge on any atom is 0.171 e. The lowest BCUT2D eigenvalue weighted by molar-refractivity contribution is -0.0212. The van der Waals surface area contributed by atoms with Crippen molar-refractivity contribution in [3.05, 3.63) is 65.2 Å². The minimum absolute atomic E-state index is 0.0299. The number of hydrogen-bond donors (Lipinski definition) is 0. The highest BCUT2D eigenvalue weighted by atomic mass is 19.2. The molecule has 4 atom stereocenters. The first-order chi connectivity index (χ1) is 16.0. The number of aryl methyl sites for hydroxylation is 1. The van der Waals surface area contributed by atoms with Crippen molar-refractivity contribution in [2.75, 3.05) is 13.2 Å². The van der Waals surface area contributed by atoms with E-state index in [0.717, 1.165) is 25.7 Å². The number of hydrogen-bond acceptors (Lipinski definition) is 2. The van der Waals surface area contributed by atoms with Gasteiger partial charge in [0.15, 0.2) is 23.9 Å². The molecule has 1 aliphatic carbocycles. The summed E-state index contributed by atoms with van der Waals surface area (Å²) in [4.78, 5) is 0. The molecule has 0 spiro atoms. The van der Waals surface area contributed by atoms with Crippen LogP contribution in [0.3, 0.4) is 0 Å². The number of fused-ring (bicyclic) bond motifs is 3. The van der Waals surface area contributed by atoms with Crippen LogP contribution in [0.2, 0.25) is 0 Å². The van der Waals surface area contributed by atoms with Gasteiger partial charge in [-0.3, -0.25) is 0 Å². The Morgan fingerprint density at radius 2 is 1.70 bits per heavy atom. The van der Waals surface area contributed by atoms with Crippen molar-refractivity contribution < 1.29 is 27.0 Å². The molecular formula is C27H30F4O2. The zero-order valence-corrected chi connectivity index (χ0v) is 18.9. The minimum atomic E-state index is -2.30. The molecule has 0 aromatic heterocycles. The number of ether oxygens (including phenoxy) is 2. The highest BCUT2D eigenvalue weighted by Crippen LogP contribution is 2.51. The molecule has 2 aromatic rings. The Labute approximate surface area is 192 Å². The third kappa shape index (κ3) is 4.68. The predicted octanol–water partition coefficient (Wildman–Crippen LogP) is 7.76. The molecule has 1 aliphatic heterocycles. The summed E-state index contributed by atoms with van der Waals surface area (Å²) >= 11 is 0. The summed E-state index contributed by atoms with van der Waals surface area (Å²) in [6, 6.07) is 6.00. The summed E-state index contributed by atoms with van der Waals surface area (Å²) in [5, 5.41) is 0. The van der Waals surface area contributed by atoms with Crippen molar-refractivity contribution in [1.82, 2.24) is 0 Å². The van der Waals surface area contributed by atoms with Crippen LogP contribution in [0.25, 0.3) is 11.1 Å². The van der Waals surface area contributed by atoms with Gasteiger partial charge in [-0.05, 0) is 74.1 Å². The summed E-state index contributed by atoms with van der Waals surface area (Å²) < 4.78 is 71.3. The van der Waals surface area contributed by atoms with Crippen LogP contribution in [-0.2, 0) is 11.2 Å². The molecule has 0 saturated carbocycles. The van der Waals surface area contributed by atoms with Crippen molar-refractivity contribution in [3.8, 4) is 16.9 Å². The van der Waals surface area contributed by atoms with Gasteiger partial charge < -0.3 is 9.47 Å². The molecule has 178 valence electrons. The van der Waals surface area contributed by atoms with Gasteiger partial charge in [-0.2, -0.15) is 0 Å². The Morgan fingerprint density at radius 3 is 2.33 bits per heavy atom. The lowest BCUT2D eigenvalue weighted by atomic mass is 9.81. The summed E-state index contributed by atoms with van der Waals surface area (Å²) in [5.74, 6) is -1.29. The lowest BCUT2D eigenvalue weighted by Crippen LogP contribution is -2.26. The fourth-order valence-electron chi connectivity index (χ4n) is 4.96. The Morgan fingerprint density at radius 1 is 1.00 bits per heavy atom. The Balaban J connectivity index is 1.53. The van der Waals surface area contributed by atoms with Gasteiger partial charge in [0, 0.05) is 17.7 Å². The maximum absolute atomic E-state index is 15.4. The lowest BCUT2D eigenvalue weighted by Gasteiger charge is -2.30. The normalized spacial score (nSPS) is 24.2. The van der Waals surface area contributed by atoms with E-state index in [2.05, 4.69) is 6.58 Å². The van der Waals surface area contributed by atoms with Gasteiger partial charge in [0.2, 0.25) is 0 Å². The standard InChI is InChI=1S/C27H30F4O2/c1-3-5-6-16-7-10-18(33-15-16)11-8-17-9-12-19-20-13-14-21(32-4-2)25(29)23(20)27(31)26(30)22(19)24(17)28/h3,9,12-14,16,18,26-27H,1,4-8,10-11,15H2,2H3. The minimum Gasteiger partial charge on any atom is -0.491 e. The molecule has 2 nitrogen and oxygen atoms in total. The Hall–Kier alpha value is -2.34. The fourth-order valence-corrected chi connectivity index (χ4v) is 4.96. The van der Waals surface area contributed by atoms with E-state index in [1.54, 1.807) is 19.1 Å². The van der Waals surface area contributed by atoms with E-state index < -0.39 is 29.5 Å². The van der Waals surface area contributed by atoms with E-state index >= 15 is 8.78 Å². The van der Waals surface area contributed by atoms with Crippen LogP contribution < -0.4 is 4.74 Å². The zero-order chi connectivity index (χ0) is 23.5. The third-order valence-electron chi connectivity index (χ3n) is 6.78. The van der Waals surface area contributed by atoms with Crippen molar-refractivity contribution in [2.24, 2.45) is 5.92 Å². The molecule has 1 saturated heterocycles. The molecule has 6 heteroatoms. The van der Waals surface area contributed by atoms with Crippen molar-refractivity contribution >= 4 is 0 Å². The molecule has 0 amide bonds. The third-order valence-corrected chi connectivity index (χ3v) is 6.78. The average Bonchev–Trinajstić information content (AvgIpc) is 2.82. The monoisotopic (exact) mass is 462 g/mol. The average molecular weight is 463 g/mol. The van der Waals surface area contributed by atoms with Crippen LogP contribution in [0, 0.1) is 17.6 Å². The summed E-state index contributed by atoms with van der Waals surface area (Å²) in [6.45, 7) is 6.31. The largest absolute Gasteiger partial charge is 0.491 e. The number of rotatable bonds is 8. The van der Waals surface area contributed by atoms with Crippen LogP contribution >= 0.6 is 0 Å². The second-order valence-corrected chi connectivity index (χ2v) is 8.88. The molecule has 1 heterocycles. The highest BCUT2D eigenvalue weighted by Gasteiger charge is 2.40. The first-order valence-electron chi connectivity index (χ1n) is 11.7. The van der Waals surface area contributed by atoms with Crippen molar-refractivity contribution in [2.45, 2.75) is 63.9 Å². The quantitative estimate of drug-likeness (QED) is 0.295. The van der Waals surface area contributed by atoms with Crippen LogP contribution in [0.1, 0.15) is 68.1 Å². The SMILES string of the molecule is C=CCCC1CCC(CCc2ccc3c(c2F)C(F)C(F)c2c-3ccc(OCC)c2F)OC1. The van der Waals surface area contributed by atoms with E-state index in [0.29, 0.717) is 30.9 Å². The molecule has 4 unspecified atom stereocenters. The first-order valence-corrected chi connectivity index (χ1v) is 11.7. The molecule has 2 aromatic carbocycles. The number of allylic oxidation sites excluding steroid dienone is 1. The Bertz CT molecular complexity index is 998. The molecular weight excluding hydrogens is 432 g/mol. The van der Waals surface area contributed by atoms with Crippen LogP contribution in [0.4, 0.5) is 17.6 Å². The van der Waals surface area contributed by atoms with Crippen LogP contribution in [0.15, 0.2) is 36.9 Å². The van der Waals surface area contributed by atoms with Gasteiger partial charge in [-0.15, -0.1) is 6.58 Å². The van der Waals surface area contributed by atoms with E-state index in [9.17, 15) is 8.78 Å². The van der Waals surface area contributed by atoms with Crippen molar-refractivity contribution in [1.29, 1.82) is 0 Å². The second kappa shape index (κ2) is 10.3. The number of alkyl halides is 2. The number of benzene rings is 2. The maximum atomic E-state index is 15.4. The molecule has 4 rings (SSSR count). The molecule has 2 aliphatic rings. The van der Waals surface area contributed by atoms with E-state index in [1.807, 2.05) is 6.08 Å². The number of halogens is 4. The molecule has 33 heavy (non-hydrogen) atoms. The van der Waals surface area contributed by atoms with Gasteiger partial charge in [-0.1, -0.05) is 24.3 Å². The molecule has 1 fully saturated rings. The predicted molar refractivity (Wildman–Crippen MR) is 121 cm³/mol. The van der Waals surface area contributed by atoms with Crippen LogP contribution in [0.5, 0.6) is 5.75 Å². The first kappa shape index (κ1) is 23.8. The molecule has 0 bridgehead atoms. The van der Waals surface area contributed by atoms with E-state index in [4.69, 9.17) is 9.47 Å². The second-order valence-electron chi connectivity index (χ2n) is 8.88. The van der Waals surface area contributed by atoms with E-state index in [-0.39, 0.29) is 35.2 Å². The summed E-state index contributed by atoms with van der Waals surface area (Å²) in [6.07, 6.45) is 2.35. The fraction of sp³-hybridized carbons (Fsp3) is 0.481. The smallest absolute Gasteiger partial charge is 0.171 e. The topological polar surface area (TPSA) is 18.5 Å². The Kier molecular flexibility index (Phi) is 7.42. The van der Waals surface area contributed by atoms with Crippen molar-refractivity contribution in [3.63, 3.8) is 0 Å². The van der Waals surface area contributed by atoms with Gasteiger partial charge in [0.1, 0.15) is 5.82 Å². The molecule has 0 N–H and O–H groups in total. The van der Waals surface area contributed by atoms with Gasteiger partial charge >= 0.3 is 0 Å². The van der Waals surface area contributed by atoms with E-state index in [1.165, 1.54) is 12.1 Å². The van der Waals surface area contributed by atoms with Gasteiger partial charge in [-0.25, -0.2) is 17.6 Å². The highest BCUT2D eigenvalue weighted by molar-refractivity contribution is 5.76. The van der Waals surface area contributed by atoms with Crippen LogP contribution in [-0.4, -0.2) is 19.3 Å². The van der Waals surface area contributed by atoms with Gasteiger partial charge in [0.05, 0.1) is 12.7 Å². The molecule has 0 radical (unpaired) electrons. The summed E-state index contributed by atoms with van der Waals surface area (Å²) in [7, 11) is 0.